The summed E-state index contributed by atoms with van der Waals surface area (Å²) in [6.45, 7) is 19.5. The number of amides is 3. The standard InChI is InChI=1S/C61H75N5O10Si/c1-59(2,3)75-58(72)66(40-52(76-77(7,8)60(4,5)6)49-27-29-51(67)54-50(49)28-30-53(68)64-54)39-43-23-25-45(26-24-43)55(69)62-33-16-34-63-56(70)46-19-15-22-48(37-46)61(73,47-20-13-10-14-21-47)57(71)74-41-44-31-35-65(36-32-44)38-42-17-11-9-12-18-42/h9-15,17-30,37,44,52,67,73H,16,31-36,38-41H2,1-8H3,(H,62,69)(H,63,70)(H,64,68)/t52-,61?/m0/s1. The van der Waals surface area contributed by atoms with Gasteiger partial charge in [0.15, 0.2) is 8.32 Å². The monoisotopic (exact) mass is 1070 g/mol. The maximum absolute atomic E-state index is 14.0. The number of ether oxygens (including phenoxy) is 2. The molecule has 0 spiro atoms. The van der Waals surface area contributed by atoms with Crippen LogP contribution in [-0.2, 0) is 37.4 Å². The Morgan fingerprint density at radius 3 is 2.01 bits per heavy atom. The molecule has 1 aromatic heterocycles. The Labute approximate surface area is 453 Å². The molecule has 5 N–H and O–H groups in total. The highest BCUT2D eigenvalue weighted by molar-refractivity contribution is 6.74. The summed E-state index contributed by atoms with van der Waals surface area (Å²) < 4.78 is 18.8. The first-order valence-corrected chi connectivity index (χ1v) is 29.4. The van der Waals surface area contributed by atoms with E-state index in [0.29, 0.717) is 28.5 Å². The van der Waals surface area contributed by atoms with Gasteiger partial charge in [0.05, 0.1) is 24.8 Å². The molecule has 1 fully saturated rings. The molecule has 16 heteroatoms. The number of nitrogens with one attached hydrogen (secondary N) is 3. The number of carbonyl (C=O) groups is 4. The normalized spacial score (nSPS) is 14.8. The second-order valence-electron chi connectivity index (χ2n) is 22.5. The Bertz CT molecular complexity index is 3040. The number of aromatic hydroxyl groups is 1. The third kappa shape index (κ3) is 15.1. The van der Waals surface area contributed by atoms with Crippen molar-refractivity contribution in [3.63, 3.8) is 0 Å². The van der Waals surface area contributed by atoms with Gasteiger partial charge in [0, 0.05) is 54.3 Å². The number of H-pyrrole nitrogens is 1. The molecule has 0 bridgehead atoms. The molecule has 1 aliphatic heterocycles. The number of carbonyl (C=O) groups excluding carboxylic acids is 4. The van der Waals surface area contributed by atoms with Gasteiger partial charge in [0.1, 0.15) is 11.4 Å². The number of hydrogen-bond acceptors (Lipinski definition) is 11. The van der Waals surface area contributed by atoms with Crippen molar-refractivity contribution in [1.82, 2.24) is 25.4 Å². The molecular weight excluding hydrogens is 991 g/mol. The van der Waals surface area contributed by atoms with E-state index in [9.17, 15) is 34.2 Å². The van der Waals surface area contributed by atoms with E-state index in [4.69, 9.17) is 13.9 Å². The second-order valence-corrected chi connectivity index (χ2v) is 27.3. The molecule has 2 heterocycles. The largest absolute Gasteiger partial charge is 0.506 e. The van der Waals surface area contributed by atoms with Gasteiger partial charge in [-0.2, -0.15) is 0 Å². The van der Waals surface area contributed by atoms with Crippen LogP contribution in [0.25, 0.3) is 10.9 Å². The fraction of sp³-hybridized carbons (Fsp3) is 0.393. The number of aromatic nitrogens is 1. The van der Waals surface area contributed by atoms with Gasteiger partial charge in [-0.1, -0.05) is 112 Å². The molecule has 0 radical (unpaired) electrons. The average molecular weight is 1070 g/mol. The molecule has 1 aliphatic rings. The van der Waals surface area contributed by atoms with E-state index >= 15 is 0 Å². The van der Waals surface area contributed by atoms with Gasteiger partial charge in [-0.3, -0.25) is 19.3 Å². The smallest absolute Gasteiger partial charge is 0.410 e. The Balaban J connectivity index is 0.948. The molecule has 5 aromatic carbocycles. The Hall–Kier alpha value is -7.11. The first-order valence-electron chi connectivity index (χ1n) is 26.5. The van der Waals surface area contributed by atoms with Crippen molar-refractivity contribution in [1.29, 1.82) is 0 Å². The van der Waals surface area contributed by atoms with Crippen LogP contribution in [0.15, 0.2) is 138 Å². The maximum Gasteiger partial charge on any atom is 0.410 e. The van der Waals surface area contributed by atoms with Crippen LogP contribution in [0.2, 0.25) is 18.1 Å². The van der Waals surface area contributed by atoms with Gasteiger partial charge in [-0.15, -0.1) is 0 Å². The average Bonchev–Trinajstić information content (AvgIpc) is 3.41. The Morgan fingerprint density at radius 1 is 0.753 bits per heavy atom. The number of aliphatic hydroxyl groups is 1. The number of aromatic amines is 1. The van der Waals surface area contributed by atoms with Crippen molar-refractivity contribution >= 4 is 43.1 Å². The SMILES string of the molecule is CC(C)(C)OC(=O)N(Cc1ccc(C(=O)NCCCNC(=O)c2cccc(C(O)(C(=O)OCC3CCN(Cc4ccccc4)CC3)c3ccccc3)c2)cc1)C[C@H](O[Si](C)(C)C(C)(C)C)c1ccc(O)c2[nH]c(=O)ccc12. The first-order chi connectivity index (χ1) is 36.5. The molecule has 7 rings (SSSR count). The van der Waals surface area contributed by atoms with E-state index in [1.165, 1.54) is 23.8 Å². The predicted octanol–water partition coefficient (Wildman–Crippen LogP) is 9.98. The van der Waals surface area contributed by atoms with Gasteiger partial charge in [-0.25, -0.2) is 9.59 Å². The van der Waals surface area contributed by atoms with Crippen LogP contribution in [0.1, 0.15) is 115 Å². The molecule has 2 atom stereocenters. The van der Waals surface area contributed by atoms with E-state index in [1.807, 2.05) is 18.2 Å². The van der Waals surface area contributed by atoms with Crippen molar-refractivity contribution in [3.8, 4) is 5.75 Å². The number of rotatable bonds is 20. The summed E-state index contributed by atoms with van der Waals surface area (Å²) in [6.07, 6.45) is 0.893. The number of nitrogens with zero attached hydrogens (tertiary/aromatic N) is 2. The fourth-order valence-electron chi connectivity index (χ4n) is 9.10. The number of esters is 1. The van der Waals surface area contributed by atoms with Crippen molar-refractivity contribution in [3.05, 3.63) is 183 Å². The summed E-state index contributed by atoms with van der Waals surface area (Å²) in [6, 6.07) is 38.5. The number of phenols is 1. The van der Waals surface area contributed by atoms with Crippen LogP contribution >= 0.6 is 0 Å². The lowest BCUT2D eigenvalue weighted by Crippen LogP contribution is -2.45. The first kappa shape index (κ1) is 57.6. The number of fused-ring (bicyclic) bond motifs is 1. The predicted molar refractivity (Wildman–Crippen MR) is 301 cm³/mol. The zero-order valence-electron chi connectivity index (χ0n) is 45.7. The highest BCUT2D eigenvalue weighted by Gasteiger charge is 2.43. The Morgan fingerprint density at radius 2 is 1.38 bits per heavy atom. The number of piperidine rings is 1. The third-order valence-corrected chi connectivity index (χ3v) is 19.0. The number of benzene rings is 5. The van der Waals surface area contributed by atoms with Gasteiger partial charge >= 0.3 is 12.1 Å². The van der Waals surface area contributed by atoms with Crippen LogP contribution in [0, 0.1) is 5.92 Å². The van der Waals surface area contributed by atoms with E-state index in [1.54, 1.807) is 111 Å². The summed E-state index contributed by atoms with van der Waals surface area (Å²) in [5, 5.41) is 29.2. The van der Waals surface area contributed by atoms with E-state index in [0.717, 1.165) is 38.0 Å². The van der Waals surface area contributed by atoms with Crippen LogP contribution in [0.3, 0.4) is 0 Å². The highest BCUT2D eigenvalue weighted by Crippen LogP contribution is 2.42. The van der Waals surface area contributed by atoms with Crippen LogP contribution in [0.5, 0.6) is 5.75 Å². The number of phenolic OH excluding ortho intramolecular Hbond substituents is 1. The fourth-order valence-corrected chi connectivity index (χ4v) is 10.4. The molecule has 0 aliphatic carbocycles. The van der Waals surface area contributed by atoms with Crippen LogP contribution in [0.4, 0.5) is 4.79 Å². The number of likely N-dealkylation sites (tertiary alicyclic amines) is 1. The summed E-state index contributed by atoms with van der Waals surface area (Å²) >= 11 is 0. The summed E-state index contributed by atoms with van der Waals surface area (Å²) in [5.74, 6) is -1.47. The van der Waals surface area contributed by atoms with Crippen molar-refractivity contribution in [2.45, 2.75) is 109 Å². The quantitative estimate of drug-likeness (QED) is 0.0277. The van der Waals surface area contributed by atoms with E-state index in [2.05, 4.69) is 66.5 Å². The zero-order chi connectivity index (χ0) is 55.5. The lowest BCUT2D eigenvalue weighted by molar-refractivity contribution is -0.164. The minimum Gasteiger partial charge on any atom is -0.506 e. The minimum absolute atomic E-state index is 0.0748. The second kappa shape index (κ2) is 24.9. The van der Waals surface area contributed by atoms with Crippen LogP contribution < -0.4 is 16.2 Å². The minimum atomic E-state index is -2.50. The van der Waals surface area contributed by atoms with Gasteiger partial charge < -0.3 is 44.6 Å². The van der Waals surface area contributed by atoms with Crippen molar-refractivity contribution in [2.24, 2.45) is 5.92 Å². The lowest BCUT2D eigenvalue weighted by Gasteiger charge is -2.41. The number of pyridine rings is 1. The van der Waals surface area contributed by atoms with Gasteiger partial charge in [0.2, 0.25) is 11.2 Å². The van der Waals surface area contributed by atoms with E-state index in [-0.39, 0.29) is 77.6 Å². The van der Waals surface area contributed by atoms with Crippen molar-refractivity contribution in [2.75, 3.05) is 39.3 Å². The molecule has 15 nitrogen and oxygen atoms in total. The summed E-state index contributed by atoms with van der Waals surface area (Å²) in [4.78, 5) is 73.9. The highest BCUT2D eigenvalue weighted by atomic mass is 28.4. The van der Waals surface area contributed by atoms with Gasteiger partial charge in [-0.05, 0) is 136 Å². The molecule has 408 valence electrons. The molecule has 1 unspecified atom stereocenters. The molecule has 3 amide bonds. The zero-order valence-corrected chi connectivity index (χ0v) is 46.7. The topological polar surface area (TPSA) is 200 Å². The molecule has 6 aromatic rings. The molecule has 77 heavy (non-hydrogen) atoms. The summed E-state index contributed by atoms with van der Waals surface area (Å²) in [5.41, 5.74) is 0.796. The van der Waals surface area contributed by atoms with Crippen molar-refractivity contribution < 1.29 is 43.3 Å². The molecule has 1 saturated heterocycles. The molecule has 0 saturated carbocycles. The van der Waals surface area contributed by atoms with Gasteiger partial charge in [0.25, 0.3) is 11.8 Å². The van der Waals surface area contributed by atoms with Crippen LogP contribution in [-0.4, -0.2) is 102 Å². The maximum atomic E-state index is 14.0. The molecular formula is C61H75N5O10Si. The lowest BCUT2D eigenvalue weighted by atomic mass is 9.85. The van der Waals surface area contributed by atoms with E-state index < -0.39 is 43.6 Å². The Kier molecular flexibility index (Phi) is 18.6. The summed E-state index contributed by atoms with van der Waals surface area (Å²) in [7, 11) is -2.50. The number of hydrogen-bond donors (Lipinski definition) is 5. The third-order valence-electron chi connectivity index (χ3n) is 14.5.